The summed E-state index contributed by atoms with van der Waals surface area (Å²) in [6.07, 6.45) is 1.81. The topological polar surface area (TPSA) is 79.3 Å². The van der Waals surface area contributed by atoms with Gasteiger partial charge < -0.3 is 14.6 Å². The molecule has 0 aromatic heterocycles. The lowest BCUT2D eigenvalue weighted by molar-refractivity contribution is -0.147. The third kappa shape index (κ3) is 5.16. The van der Waals surface area contributed by atoms with Crippen LogP contribution in [0.25, 0.3) is 0 Å². The zero-order chi connectivity index (χ0) is 26.8. The summed E-state index contributed by atoms with van der Waals surface area (Å²) < 4.78 is 53.9. The zero-order valence-electron chi connectivity index (χ0n) is 21.4. The van der Waals surface area contributed by atoms with Gasteiger partial charge in [-0.3, -0.25) is 9.21 Å². The summed E-state index contributed by atoms with van der Waals surface area (Å²) in [6.45, 7) is 2.00. The molecule has 38 heavy (non-hydrogen) atoms. The molecule has 0 bridgehead atoms. The fourth-order valence-electron chi connectivity index (χ4n) is 5.67. The lowest BCUT2D eigenvalue weighted by Crippen LogP contribution is -2.59. The van der Waals surface area contributed by atoms with Crippen molar-refractivity contribution < 1.29 is 27.4 Å². The number of halogens is 1. The van der Waals surface area contributed by atoms with Crippen molar-refractivity contribution in [3.05, 3.63) is 90.2 Å². The predicted octanol–water partition coefficient (Wildman–Crippen LogP) is 4.17. The molecule has 202 valence electrons. The number of hydrogen-bond acceptors (Lipinski definition) is 6. The quantitative estimate of drug-likeness (QED) is 0.485. The van der Waals surface area contributed by atoms with Crippen molar-refractivity contribution >= 4 is 15.7 Å². The predicted molar refractivity (Wildman–Crippen MR) is 143 cm³/mol. The molecule has 3 aromatic carbocycles. The molecule has 0 aliphatic carbocycles. The Morgan fingerprint density at radius 3 is 2.26 bits per heavy atom. The van der Waals surface area contributed by atoms with Crippen molar-refractivity contribution in [1.82, 2.24) is 4.90 Å². The average Bonchev–Trinajstić information content (AvgIpc) is 2.95. The molecule has 3 aromatic rings. The molecular formula is C29H33FN2O5S. The van der Waals surface area contributed by atoms with Crippen LogP contribution in [0.15, 0.2) is 83.8 Å². The molecule has 0 saturated carbocycles. The normalized spacial score (nSPS) is 23.2. The molecule has 0 radical (unpaired) electrons. The first-order valence-electron chi connectivity index (χ1n) is 12.9. The molecule has 2 unspecified atom stereocenters. The second kappa shape index (κ2) is 11.0. The van der Waals surface area contributed by atoms with Crippen molar-refractivity contribution in [3.8, 4) is 5.75 Å². The fourth-order valence-corrected chi connectivity index (χ4v) is 7.38. The van der Waals surface area contributed by atoms with E-state index in [0.29, 0.717) is 50.4 Å². The van der Waals surface area contributed by atoms with E-state index in [1.807, 2.05) is 30.3 Å². The standard InChI is InChI=1S/C29H33FN2O5S/c1-36-26-11-13-27(14-12-26)38(34,35)32(24-9-7-23(30)8-10-24)25-15-18-31(19-16-25)28-17-20-37-21-29(28,33)22-5-3-2-4-6-22/h2-14,25,28,33H,15-21H2,1H3. The van der Waals surface area contributed by atoms with E-state index in [0.717, 1.165) is 5.56 Å². The summed E-state index contributed by atoms with van der Waals surface area (Å²) in [5.41, 5.74) is 0.104. The minimum absolute atomic E-state index is 0.142. The van der Waals surface area contributed by atoms with E-state index in [1.54, 1.807) is 12.1 Å². The highest BCUT2D eigenvalue weighted by atomic mass is 32.2. The van der Waals surface area contributed by atoms with E-state index in [4.69, 9.17) is 9.47 Å². The van der Waals surface area contributed by atoms with Gasteiger partial charge in [-0.15, -0.1) is 0 Å². The van der Waals surface area contributed by atoms with E-state index in [-0.39, 0.29) is 23.6 Å². The van der Waals surface area contributed by atoms with Gasteiger partial charge in [-0.25, -0.2) is 12.8 Å². The zero-order valence-corrected chi connectivity index (χ0v) is 22.2. The van der Waals surface area contributed by atoms with Crippen LogP contribution < -0.4 is 9.04 Å². The number of anilines is 1. The Morgan fingerprint density at radius 1 is 0.974 bits per heavy atom. The molecule has 2 atom stereocenters. The molecule has 2 aliphatic heterocycles. The lowest BCUT2D eigenvalue weighted by atomic mass is 9.82. The number of nitrogens with zero attached hydrogens (tertiary/aromatic N) is 2. The van der Waals surface area contributed by atoms with Crippen LogP contribution in [0.1, 0.15) is 24.8 Å². The van der Waals surface area contributed by atoms with Gasteiger partial charge in [0.15, 0.2) is 0 Å². The summed E-state index contributed by atoms with van der Waals surface area (Å²) in [4.78, 5) is 2.41. The summed E-state index contributed by atoms with van der Waals surface area (Å²) in [7, 11) is -2.41. The number of likely N-dealkylation sites (tertiary alicyclic amines) is 1. The van der Waals surface area contributed by atoms with Crippen molar-refractivity contribution in [2.75, 3.05) is 37.7 Å². The molecule has 9 heteroatoms. The third-order valence-corrected chi connectivity index (χ3v) is 9.55. The maximum absolute atomic E-state index is 13.9. The number of ether oxygens (including phenoxy) is 2. The SMILES string of the molecule is COc1ccc(S(=O)(=O)N(c2ccc(F)cc2)C2CCN(C3CCOCC3(O)c3ccccc3)CC2)cc1. The average molecular weight is 541 g/mol. The van der Waals surface area contributed by atoms with Crippen LogP contribution in [0.2, 0.25) is 0 Å². The van der Waals surface area contributed by atoms with Crippen molar-refractivity contribution in [2.24, 2.45) is 0 Å². The minimum atomic E-state index is -3.93. The molecule has 2 heterocycles. The molecule has 7 nitrogen and oxygen atoms in total. The molecular weight excluding hydrogens is 507 g/mol. The van der Waals surface area contributed by atoms with Gasteiger partial charge in [0.05, 0.1) is 24.3 Å². The number of benzene rings is 3. The molecule has 0 amide bonds. The van der Waals surface area contributed by atoms with Crippen molar-refractivity contribution in [3.63, 3.8) is 0 Å². The molecule has 2 fully saturated rings. The number of methoxy groups -OCH3 is 1. The minimum Gasteiger partial charge on any atom is -0.497 e. The highest BCUT2D eigenvalue weighted by Crippen LogP contribution is 2.37. The van der Waals surface area contributed by atoms with Gasteiger partial charge in [0.2, 0.25) is 0 Å². The number of hydrogen-bond donors (Lipinski definition) is 1. The largest absolute Gasteiger partial charge is 0.497 e. The maximum Gasteiger partial charge on any atom is 0.264 e. The number of aliphatic hydroxyl groups is 1. The first-order valence-corrected chi connectivity index (χ1v) is 14.3. The smallest absolute Gasteiger partial charge is 0.264 e. The van der Waals surface area contributed by atoms with Crippen LogP contribution in [0.3, 0.4) is 0 Å². The van der Waals surface area contributed by atoms with E-state index in [1.165, 1.54) is 47.8 Å². The van der Waals surface area contributed by atoms with Gasteiger partial charge in [-0.1, -0.05) is 30.3 Å². The van der Waals surface area contributed by atoms with E-state index in [2.05, 4.69) is 4.90 Å². The molecule has 2 aliphatic rings. The van der Waals surface area contributed by atoms with E-state index in [9.17, 15) is 17.9 Å². The monoisotopic (exact) mass is 540 g/mol. The van der Waals surface area contributed by atoms with Crippen LogP contribution >= 0.6 is 0 Å². The highest BCUT2D eigenvalue weighted by Gasteiger charge is 2.46. The van der Waals surface area contributed by atoms with Crippen molar-refractivity contribution in [1.29, 1.82) is 0 Å². The summed E-state index contributed by atoms with van der Waals surface area (Å²) in [5, 5.41) is 11.7. The van der Waals surface area contributed by atoms with Gasteiger partial charge in [0, 0.05) is 31.8 Å². The van der Waals surface area contributed by atoms with Crippen LogP contribution in [0, 0.1) is 5.82 Å². The molecule has 2 saturated heterocycles. The third-order valence-electron chi connectivity index (χ3n) is 7.65. The van der Waals surface area contributed by atoms with Gasteiger partial charge in [-0.05, 0) is 73.4 Å². The Kier molecular flexibility index (Phi) is 7.72. The van der Waals surface area contributed by atoms with E-state index < -0.39 is 21.4 Å². The Bertz CT molecular complexity index is 1310. The van der Waals surface area contributed by atoms with Gasteiger partial charge >= 0.3 is 0 Å². The Balaban J connectivity index is 1.41. The maximum atomic E-state index is 13.9. The first kappa shape index (κ1) is 26.6. The van der Waals surface area contributed by atoms with Gasteiger partial charge in [0.25, 0.3) is 10.0 Å². The summed E-state index contributed by atoms with van der Waals surface area (Å²) in [6, 6.07) is 21.0. The van der Waals surface area contributed by atoms with E-state index >= 15 is 0 Å². The second-order valence-corrected chi connectivity index (χ2v) is 11.7. The molecule has 1 N–H and O–H groups in total. The van der Waals surface area contributed by atoms with Crippen molar-refractivity contribution in [2.45, 2.75) is 41.8 Å². The Labute approximate surface area is 223 Å². The van der Waals surface area contributed by atoms with Gasteiger partial charge in [0.1, 0.15) is 17.2 Å². The number of piperidine rings is 1. The molecule has 0 spiro atoms. The second-order valence-electron chi connectivity index (χ2n) is 9.87. The number of rotatable bonds is 7. The van der Waals surface area contributed by atoms with Crippen LogP contribution in [-0.4, -0.2) is 63.9 Å². The summed E-state index contributed by atoms with van der Waals surface area (Å²) >= 11 is 0. The number of sulfonamides is 1. The van der Waals surface area contributed by atoms with Gasteiger partial charge in [-0.2, -0.15) is 0 Å². The Hall–Kier alpha value is -2.98. The lowest BCUT2D eigenvalue weighted by Gasteiger charge is -2.49. The van der Waals surface area contributed by atoms with Crippen LogP contribution in [0.4, 0.5) is 10.1 Å². The fraction of sp³-hybridized carbons (Fsp3) is 0.379. The van der Waals surface area contributed by atoms with Crippen LogP contribution in [0.5, 0.6) is 5.75 Å². The Morgan fingerprint density at radius 2 is 1.63 bits per heavy atom. The summed E-state index contributed by atoms with van der Waals surface area (Å²) in [5.74, 6) is 0.137. The molecule has 5 rings (SSSR count). The van der Waals surface area contributed by atoms with Crippen LogP contribution in [-0.2, 0) is 20.4 Å². The highest BCUT2D eigenvalue weighted by molar-refractivity contribution is 7.92. The first-order chi connectivity index (χ1) is 18.3.